The summed E-state index contributed by atoms with van der Waals surface area (Å²) in [7, 11) is 3.45. The van der Waals surface area contributed by atoms with Crippen molar-refractivity contribution in [1.29, 1.82) is 0 Å². The fraction of sp³-hybridized carbons (Fsp3) is 0.579. The van der Waals surface area contributed by atoms with E-state index in [0.717, 1.165) is 44.1 Å². The number of nitrogens with one attached hydrogen (secondary N) is 1. The average Bonchev–Trinajstić information content (AvgIpc) is 2.66. The molecule has 25 heavy (non-hydrogen) atoms. The van der Waals surface area contributed by atoms with Crippen LogP contribution in [-0.2, 0) is 16.0 Å². The van der Waals surface area contributed by atoms with Gasteiger partial charge in [0.25, 0.3) is 0 Å². The molecule has 0 amide bonds. The quantitative estimate of drug-likeness (QED) is 0.485. The molecule has 1 atom stereocenters. The Kier molecular flexibility index (Phi) is 7.57. The van der Waals surface area contributed by atoms with Crippen LogP contribution in [0.5, 0.6) is 5.75 Å². The van der Waals surface area contributed by atoms with E-state index in [0.29, 0.717) is 13.2 Å². The Balaban J connectivity index is 1.83. The number of carbonyl (C=O) groups excluding carboxylic acids is 1. The molecular weight excluding hydrogens is 318 g/mol. The van der Waals surface area contributed by atoms with Crippen molar-refractivity contribution in [3.05, 3.63) is 29.8 Å². The van der Waals surface area contributed by atoms with E-state index in [1.807, 2.05) is 19.1 Å². The molecule has 138 valence electrons. The predicted molar refractivity (Wildman–Crippen MR) is 99.0 cm³/mol. The number of methoxy groups -OCH3 is 1. The Morgan fingerprint density at radius 2 is 2.12 bits per heavy atom. The summed E-state index contributed by atoms with van der Waals surface area (Å²) >= 11 is 0. The summed E-state index contributed by atoms with van der Waals surface area (Å²) in [4.78, 5) is 18.5. The Labute approximate surface area is 150 Å². The third-order valence-electron chi connectivity index (χ3n) is 4.41. The molecule has 0 radical (unpaired) electrons. The number of hydrogen-bond acceptors (Lipinski definition) is 4. The molecule has 0 saturated carbocycles. The maximum atomic E-state index is 12.0. The lowest BCUT2D eigenvalue weighted by molar-refractivity contribution is -0.149. The van der Waals surface area contributed by atoms with E-state index in [9.17, 15) is 4.79 Å². The van der Waals surface area contributed by atoms with Crippen LogP contribution in [0.4, 0.5) is 0 Å². The smallest absolute Gasteiger partial charge is 0.310 e. The molecule has 1 aliphatic rings. The van der Waals surface area contributed by atoms with Gasteiger partial charge in [0.2, 0.25) is 0 Å². The highest BCUT2D eigenvalue weighted by Gasteiger charge is 2.28. The van der Waals surface area contributed by atoms with Crippen molar-refractivity contribution >= 4 is 11.9 Å². The van der Waals surface area contributed by atoms with E-state index in [1.54, 1.807) is 14.2 Å². The van der Waals surface area contributed by atoms with E-state index in [1.165, 1.54) is 5.56 Å². The third-order valence-corrected chi connectivity index (χ3v) is 4.41. The number of piperidine rings is 1. The van der Waals surface area contributed by atoms with Gasteiger partial charge in [-0.05, 0) is 43.9 Å². The Hall–Kier alpha value is -2.24. The minimum Gasteiger partial charge on any atom is -0.497 e. The van der Waals surface area contributed by atoms with Crippen LogP contribution in [-0.4, -0.2) is 57.2 Å². The van der Waals surface area contributed by atoms with Crippen molar-refractivity contribution in [1.82, 2.24) is 10.2 Å². The van der Waals surface area contributed by atoms with Gasteiger partial charge in [-0.25, -0.2) is 0 Å². The van der Waals surface area contributed by atoms with Crippen molar-refractivity contribution in [2.24, 2.45) is 10.9 Å². The summed E-state index contributed by atoms with van der Waals surface area (Å²) in [6.07, 6.45) is 2.76. The second-order valence-corrected chi connectivity index (χ2v) is 6.11. The highest BCUT2D eigenvalue weighted by atomic mass is 16.5. The van der Waals surface area contributed by atoms with Crippen LogP contribution < -0.4 is 10.1 Å². The van der Waals surface area contributed by atoms with Crippen molar-refractivity contribution < 1.29 is 14.3 Å². The first-order valence-electron chi connectivity index (χ1n) is 8.93. The first-order chi connectivity index (χ1) is 12.2. The summed E-state index contributed by atoms with van der Waals surface area (Å²) in [6, 6.07) is 8.08. The predicted octanol–water partition coefficient (Wildman–Crippen LogP) is 2.09. The molecule has 0 aliphatic carbocycles. The lowest BCUT2D eigenvalue weighted by atomic mass is 9.98. The van der Waals surface area contributed by atoms with Crippen LogP contribution in [0.25, 0.3) is 0 Å². The van der Waals surface area contributed by atoms with E-state index < -0.39 is 0 Å². The number of benzene rings is 1. The standard InChI is InChI=1S/C19H29N3O3/c1-4-25-18(23)16-6-5-13-22(14-16)19(20-2)21-12-11-15-7-9-17(24-3)10-8-15/h7-10,16H,4-6,11-14H2,1-3H3,(H,20,21). The Morgan fingerprint density at radius 1 is 1.36 bits per heavy atom. The second-order valence-electron chi connectivity index (χ2n) is 6.11. The molecule has 1 aromatic rings. The van der Waals surface area contributed by atoms with Crippen LogP contribution >= 0.6 is 0 Å². The molecule has 0 bridgehead atoms. The molecule has 1 N–H and O–H groups in total. The van der Waals surface area contributed by atoms with E-state index in [-0.39, 0.29) is 11.9 Å². The number of nitrogens with zero attached hydrogens (tertiary/aromatic N) is 2. The molecular formula is C19H29N3O3. The molecule has 1 unspecified atom stereocenters. The van der Waals surface area contributed by atoms with Gasteiger partial charge in [-0.1, -0.05) is 12.1 Å². The summed E-state index contributed by atoms with van der Waals surface area (Å²) in [5.41, 5.74) is 1.24. The van der Waals surface area contributed by atoms with Gasteiger partial charge in [-0.2, -0.15) is 0 Å². The average molecular weight is 347 g/mol. The molecule has 1 aromatic carbocycles. The summed E-state index contributed by atoms with van der Waals surface area (Å²) < 4.78 is 10.3. The Bertz CT molecular complexity index is 572. The number of ether oxygens (including phenoxy) is 2. The molecule has 6 heteroatoms. The van der Waals surface area contributed by atoms with Crippen LogP contribution in [0, 0.1) is 5.92 Å². The van der Waals surface area contributed by atoms with Gasteiger partial charge < -0.3 is 19.7 Å². The molecule has 1 saturated heterocycles. The van der Waals surface area contributed by atoms with E-state index in [4.69, 9.17) is 9.47 Å². The summed E-state index contributed by atoms with van der Waals surface area (Å²) in [5, 5.41) is 3.40. The fourth-order valence-electron chi connectivity index (χ4n) is 3.07. The summed E-state index contributed by atoms with van der Waals surface area (Å²) in [5.74, 6) is 1.56. The highest BCUT2D eigenvalue weighted by Crippen LogP contribution is 2.18. The minimum absolute atomic E-state index is 0.0613. The zero-order valence-corrected chi connectivity index (χ0v) is 15.5. The molecule has 1 fully saturated rings. The SMILES string of the molecule is CCOC(=O)C1CCCN(C(=NC)NCCc2ccc(OC)cc2)C1. The van der Waals surface area contributed by atoms with Gasteiger partial charge in [-0.15, -0.1) is 0 Å². The highest BCUT2D eigenvalue weighted by molar-refractivity contribution is 5.81. The van der Waals surface area contributed by atoms with E-state index >= 15 is 0 Å². The van der Waals surface area contributed by atoms with Gasteiger partial charge in [0.15, 0.2) is 5.96 Å². The monoisotopic (exact) mass is 347 g/mol. The molecule has 2 rings (SSSR count). The molecule has 1 aliphatic heterocycles. The topological polar surface area (TPSA) is 63.2 Å². The first-order valence-corrected chi connectivity index (χ1v) is 8.93. The zero-order valence-electron chi connectivity index (χ0n) is 15.5. The lowest BCUT2D eigenvalue weighted by Gasteiger charge is -2.34. The van der Waals surface area contributed by atoms with Gasteiger partial charge in [0.05, 0.1) is 19.6 Å². The van der Waals surface area contributed by atoms with Gasteiger partial charge in [0, 0.05) is 26.7 Å². The third kappa shape index (κ3) is 5.66. The van der Waals surface area contributed by atoms with Crippen molar-refractivity contribution in [2.75, 3.05) is 40.4 Å². The zero-order chi connectivity index (χ0) is 18.1. The normalized spacial score (nSPS) is 18.0. The van der Waals surface area contributed by atoms with E-state index in [2.05, 4.69) is 27.3 Å². The fourth-order valence-corrected chi connectivity index (χ4v) is 3.07. The largest absolute Gasteiger partial charge is 0.497 e. The molecule has 0 aromatic heterocycles. The van der Waals surface area contributed by atoms with Crippen LogP contribution in [0.15, 0.2) is 29.3 Å². The maximum absolute atomic E-state index is 12.0. The number of carbonyl (C=O) groups is 1. The summed E-state index contributed by atoms with van der Waals surface area (Å²) in [6.45, 7) is 4.65. The van der Waals surface area contributed by atoms with Crippen LogP contribution in [0.3, 0.4) is 0 Å². The number of esters is 1. The van der Waals surface area contributed by atoms with Crippen molar-refractivity contribution in [3.63, 3.8) is 0 Å². The number of likely N-dealkylation sites (tertiary alicyclic amines) is 1. The lowest BCUT2D eigenvalue weighted by Crippen LogP contribution is -2.48. The van der Waals surface area contributed by atoms with Crippen molar-refractivity contribution in [3.8, 4) is 5.75 Å². The molecule has 0 spiro atoms. The van der Waals surface area contributed by atoms with Gasteiger partial charge in [0.1, 0.15) is 5.75 Å². The van der Waals surface area contributed by atoms with Crippen molar-refractivity contribution in [2.45, 2.75) is 26.2 Å². The number of hydrogen-bond donors (Lipinski definition) is 1. The molecule has 1 heterocycles. The van der Waals surface area contributed by atoms with Gasteiger partial charge in [-0.3, -0.25) is 9.79 Å². The van der Waals surface area contributed by atoms with Gasteiger partial charge >= 0.3 is 5.97 Å². The number of aliphatic imine (C=N–C) groups is 1. The Morgan fingerprint density at radius 3 is 2.76 bits per heavy atom. The number of rotatable bonds is 6. The van der Waals surface area contributed by atoms with Crippen LogP contribution in [0.1, 0.15) is 25.3 Å². The molecule has 6 nitrogen and oxygen atoms in total. The van der Waals surface area contributed by atoms with Crippen LogP contribution in [0.2, 0.25) is 0 Å². The maximum Gasteiger partial charge on any atom is 0.310 e. The first kappa shape index (κ1) is 19.1. The second kappa shape index (κ2) is 9.91. The number of guanidine groups is 1. The minimum atomic E-state index is -0.0964.